The third kappa shape index (κ3) is 4.88. The molecule has 0 saturated carbocycles. The average molecular weight is 375 g/mol. The van der Waals surface area contributed by atoms with Gasteiger partial charge >= 0.3 is 0 Å². The normalized spacial score (nSPS) is 13.5. The van der Waals surface area contributed by atoms with E-state index in [1.807, 2.05) is 24.3 Å². The van der Waals surface area contributed by atoms with Gasteiger partial charge < -0.3 is 14.4 Å². The summed E-state index contributed by atoms with van der Waals surface area (Å²) in [5.74, 6) is 1.36. The van der Waals surface area contributed by atoms with E-state index in [1.54, 1.807) is 12.1 Å². The molecule has 0 fully saturated rings. The van der Waals surface area contributed by atoms with Gasteiger partial charge in [-0.1, -0.05) is 53.7 Å². The van der Waals surface area contributed by atoms with E-state index in [4.69, 9.17) is 4.18 Å². The Hall–Kier alpha value is -1.81. The second kappa shape index (κ2) is 7.43. The average Bonchev–Trinajstić information content (AvgIpc) is 2.52. The minimum Gasteiger partial charge on any atom is -0.508 e. The van der Waals surface area contributed by atoms with Crippen molar-refractivity contribution in [3.8, 4) is 17.2 Å². The molecule has 26 heavy (non-hydrogen) atoms. The smallest absolute Gasteiger partial charge is 0.138 e. The summed E-state index contributed by atoms with van der Waals surface area (Å²) < 4.78 is 6.02. The molecule has 2 rings (SSSR count). The van der Waals surface area contributed by atoms with Gasteiger partial charge in [-0.05, 0) is 47.6 Å². The van der Waals surface area contributed by atoms with Crippen LogP contribution in [0.3, 0.4) is 0 Å². The van der Waals surface area contributed by atoms with Crippen molar-refractivity contribution < 1.29 is 14.4 Å². The molecule has 1 unspecified atom stereocenters. The monoisotopic (exact) mass is 374 g/mol. The standard InChI is InChI=1S/C22H30O3S/c1-14(15-8-10-16(23)11-9-15)26-25-17-12-18(21(2,3)4)20(24)19(13-17)22(5,6)7/h8-14,23-24H,1-7H3. The molecule has 0 bridgehead atoms. The molecule has 0 aliphatic heterocycles. The molecular formula is C22H30O3S. The molecule has 142 valence electrons. The first kappa shape index (κ1) is 20.5. The molecule has 2 N–H and O–H groups in total. The van der Waals surface area contributed by atoms with Crippen molar-refractivity contribution in [3.05, 3.63) is 53.1 Å². The molecule has 2 aromatic carbocycles. The molecule has 0 saturated heterocycles. The summed E-state index contributed by atoms with van der Waals surface area (Å²) in [6, 6.07) is 11.0. The Morgan fingerprint density at radius 1 is 0.846 bits per heavy atom. The highest BCUT2D eigenvalue weighted by atomic mass is 32.2. The van der Waals surface area contributed by atoms with E-state index >= 15 is 0 Å². The minimum absolute atomic E-state index is 0.112. The number of phenols is 2. The topological polar surface area (TPSA) is 49.7 Å². The van der Waals surface area contributed by atoms with Gasteiger partial charge in [-0.3, -0.25) is 0 Å². The molecule has 2 aromatic rings. The molecule has 0 spiro atoms. The van der Waals surface area contributed by atoms with Gasteiger partial charge in [0, 0.05) is 11.1 Å². The first-order valence-electron chi connectivity index (χ1n) is 8.90. The Bertz CT molecular complexity index is 717. The quantitative estimate of drug-likeness (QED) is 0.601. The van der Waals surface area contributed by atoms with Crippen LogP contribution in [-0.4, -0.2) is 10.2 Å². The van der Waals surface area contributed by atoms with Crippen LogP contribution in [0.15, 0.2) is 36.4 Å². The lowest BCUT2D eigenvalue weighted by atomic mass is 9.79. The molecule has 0 aliphatic carbocycles. The molecule has 0 amide bonds. The van der Waals surface area contributed by atoms with Crippen molar-refractivity contribution in [2.45, 2.75) is 64.5 Å². The van der Waals surface area contributed by atoms with Crippen molar-refractivity contribution in [2.75, 3.05) is 0 Å². The van der Waals surface area contributed by atoms with Crippen molar-refractivity contribution >= 4 is 12.0 Å². The van der Waals surface area contributed by atoms with Gasteiger partial charge in [-0.15, -0.1) is 0 Å². The SMILES string of the molecule is CC(SOc1cc(C(C)(C)C)c(O)c(C(C)(C)C)c1)c1ccc(O)cc1. The van der Waals surface area contributed by atoms with Crippen LogP contribution in [0.2, 0.25) is 0 Å². The second-order valence-electron chi connectivity index (χ2n) is 8.78. The van der Waals surface area contributed by atoms with E-state index in [1.165, 1.54) is 12.0 Å². The zero-order valence-corrected chi connectivity index (χ0v) is 17.6. The molecule has 4 heteroatoms. The Balaban J connectivity index is 2.30. The van der Waals surface area contributed by atoms with Gasteiger partial charge in [0.15, 0.2) is 0 Å². The van der Waals surface area contributed by atoms with Gasteiger partial charge in [0.05, 0.1) is 17.3 Å². The fourth-order valence-corrected chi connectivity index (χ4v) is 3.35. The van der Waals surface area contributed by atoms with Crippen molar-refractivity contribution in [3.63, 3.8) is 0 Å². The van der Waals surface area contributed by atoms with Crippen LogP contribution in [0.4, 0.5) is 0 Å². The van der Waals surface area contributed by atoms with Crippen molar-refractivity contribution in [1.82, 2.24) is 0 Å². The third-order valence-electron chi connectivity index (χ3n) is 4.35. The van der Waals surface area contributed by atoms with Crippen LogP contribution in [0.25, 0.3) is 0 Å². The van der Waals surface area contributed by atoms with E-state index in [-0.39, 0.29) is 21.8 Å². The van der Waals surface area contributed by atoms with Crippen molar-refractivity contribution in [1.29, 1.82) is 0 Å². The summed E-state index contributed by atoms with van der Waals surface area (Å²) in [4.78, 5) is 0. The van der Waals surface area contributed by atoms with E-state index in [0.29, 0.717) is 5.75 Å². The third-order valence-corrected chi connectivity index (χ3v) is 5.20. The minimum atomic E-state index is -0.184. The van der Waals surface area contributed by atoms with Crippen LogP contribution >= 0.6 is 12.0 Å². The summed E-state index contributed by atoms with van der Waals surface area (Å²) in [7, 11) is 0. The maximum atomic E-state index is 10.8. The van der Waals surface area contributed by atoms with Crippen molar-refractivity contribution in [2.24, 2.45) is 0 Å². The fourth-order valence-electron chi connectivity index (χ4n) is 2.73. The Morgan fingerprint density at radius 2 is 1.31 bits per heavy atom. The zero-order chi connectivity index (χ0) is 19.7. The van der Waals surface area contributed by atoms with Gasteiger partial charge in [0.2, 0.25) is 0 Å². The molecule has 0 heterocycles. The number of phenolic OH excluding ortho intramolecular Hbond substituents is 2. The number of benzene rings is 2. The number of hydrogen-bond acceptors (Lipinski definition) is 4. The lowest BCUT2D eigenvalue weighted by Crippen LogP contribution is -2.17. The maximum absolute atomic E-state index is 10.8. The summed E-state index contributed by atoms with van der Waals surface area (Å²) in [5, 5.41) is 20.3. The summed E-state index contributed by atoms with van der Waals surface area (Å²) >= 11 is 1.37. The predicted octanol–water partition coefficient (Wildman–Crippen LogP) is 6.48. The highest BCUT2D eigenvalue weighted by Gasteiger charge is 2.27. The lowest BCUT2D eigenvalue weighted by molar-refractivity contribution is 0.421. The Kier molecular flexibility index (Phi) is 5.86. The largest absolute Gasteiger partial charge is 0.508 e. The van der Waals surface area contributed by atoms with Gasteiger partial charge in [0.25, 0.3) is 0 Å². The second-order valence-corrected chi connectivity index (χ2v) is 9.85. The first-order valence-corrected chi connectivity index (χ1v) is 9.70. The molecule has 1 atom stereocenters. The lowest BCUT2D eigenvalue weighted by Gasteiger charge is -2.28. The predicted molar refractivity (Wildman–Crippen MR) is 110 cm³/mol. The molecule has 0 aliphatic rings. The highest BCUT2D eigenvalue weighted by Crippen LogP contribution is 2.43. The van der Waals surface area contributed by atoms with E-state index < -0.39 is 0 Å². The van der Waals surface area contributed by atoms with E-state index in [0.717, 1.165) is 22.4 Å². The van der Waals surface area contributed by atoms with Gasteiger partial charge in [0.1, 0.15) is 17.2 Å². The summed E-state index contributed by atoms with van der Waals surface area (Å²) in [6.45, 7) is 14.6. The Morgan fingerprint density at radius 3 is 1.73 bits per heavy atom. The maximum Gasteiger partial charge on any atom is 0.138 e. The van der Waals surface area contributed by atoms with Crippen LogP contribution in [0.5, 0.6) is 17.2 Å². The van der Waals surface area contributed by atoms with E-state index in [9.17, 15) is 10.2 Å². The summed E-state index contributed by atoms with van der Waals surface area (Å²) in [5.41, 5.74) is 2.49. The first-order chi connectivity index (χ1) is 11.9. The summed E-state index contributed by atoms with van der Waals surface area (Å²) in [6.07, 6.45) is 0. The highest BCUT2D eigenvalue weighted by molar-refractivity contribution is 7.95. The zero-order valence-electron chi connectivity index (χ0n) is 16.8. The number of aromatic hydroxyl groups is 2. The number of rotatable bonds is 4. The van der Waals surface area contributed by atoms with Crippen LogP contribution in [0, 0.1) is 0 Å². The number of hydrogen-bond donors (Lipinski definition) is 2. The van der Waals surface area contributed by atoms with Crippen LogP contribution in [-0.2, 0) is 10.8 Å². The van der Waals surface area contributed by atoms with Crippen LogP contribution in [0.1, 0.15) is 70.4 Å². The Labute approximate surface area is 161 Å². The van der Waals surface area contributed by atoms with Gasteiger partial charge in [-0.25, -0.2) is 0 Å². The van der Waals surface area contributed by atoms with E-state index in [2.05, 4.69) is 48.5 Å². The van der Waals surface area contributed by atoms with Gasteiger partial charge in [-0.2, -0.15) is 0 Å². The van der Waals surface area contributed by atoms with Crippen LogP contribution < -0.4 is 4.18 Å². The molecule has 3 nitrogen and oxygen atoms in total. The molecular weight excluding hydrogens is 344 g/mol. The molecule has 0 aromatic heterocycles. The molecule has 0 radical (unpaired) electrons. The fraction of sp³-hybridized carbons (Fsp3) is 0.455.